The van der Waals surface area contributed by atoms with Gasteiger partial charge in [0.1, 0.15) is 12.4 Å². The van der Waals surface area contributed by atoms with Crippen molar-refractivity contribution in [2.45, 2.75) is 39.3 Å². The van der Waals surface area contributed by atoms with Gasteiger partial charge in [0, 0.05) is 18.3 Å². The van der Waals surface area contributed by atoms with E-state index in [1.807, 2.05) is 54.2 Å². The van der Waals surface area contributed by atoms with Crippen LogP contribution in [-0.4, -0.2) is 16.1 Å². The van der Waals surface area contributed by atoms with Gasteiger partial charge >= 0.3 is 0 Å². The third-order valence-electron chi connectivity index (χ3n) is 5.29. The Balaban J connectivity index is 1.54. The number of carbonyl (C=O) groups is 1. The molecule has 1 aromatic heterocycles. The topological polar surface area (TPSA) is 44.1 Å². The van der Waals surface area contributed by atoms with Crippen LogP contribution in [0.1, 0.15) is 40.7 Å². The molecule has 0 atom stereocenters. The summed E-state index contributed by atoms with van der Waals surface area (Å²) in [7, 11) is 0. The number of hydrogen-bond donors (Lipinski definition) is 0. The molecule has 0 aliphatic heterocycles. The van der Waals surface area contributed by atoms with Gasteiger partial charge in [0.2, 0.25) is 0 Å². The van der Waals surface area contributed by atoms with E-state index in [9.17, 15) is 4.79 Å². The monoisotopic (exact) mass is 360 g/mol. The second-order valence-electron chi connectivity index (χ2n) is 7.35. The molecular formula is C23H24N2O2. The third-order valence-corrected chi connectivity index (χ3v) is 5.29. The lowest BCUT2D eigenvalue weighted by molar-refractivity contribution is 0.111. The summed E-state index contributed by atoms with van der Waals surface area (Å²) in [6, 6.07) is 13.9. The van der Waals surface area contributed by atoms with Gasteiger partial charge in [-0.15, -0.1) is 0 Å². The molecule has 3 aromatic rings. The van der Waals surface area contributed by atoms with Crippen molar-refractivity contribution in [2.24, 2.45) is 5.92 Å². The molecule has 0 radical (unpaired) electrons. The first-order valence-electron chi connectivity index (χ1n) is 9.52. The lowest BCUT2D eigenvalue weighted by Gasteiger charge is -2.24. The second kappa shape index (κ2) is 7.78. The van der Waals surface area contributed by atoms with Crippen LogP contribution in [-0.2, 0) is 13.2 Å². The van der Waals surface area contributed by atoms with E-state index in [0.717, 1.165) is 41.0 Å². The van der Waals surface area contributed by atoms with Crippen LogP contribution in [0.5, 0.6) is 5.75 Å². The molecule has 0 N–H and O–H groups in total. The molecule has 0 spiro atoms. The molecule has 0 unspecified atom stereocenters. The molecule has 0 saturated heterocycles. The van der Waals surface area contributed by atoms with Crippen molar-refractivity contribution in [3.05, 3.63) is 71.5 Å². The molecule has 4 heteroatoms. The largest absolute Gasteiger partial charge is 0.488 e. The fourth-order valence-corrected chi connectivity index (χ4v) is 3.53. The predicted octanol–water partition coefficient (Wildman–Crippen LogP) is 5.05. The van der Waals surface area contributed by atoms with E-state index >= 15 is 0 Å². The molecule has 1 fully saturated rings. The number of rotatable bonds is 7. The summed E-state index contributed by atoms with van der Waals surface area (Å²) in [4.78, 5) is 11.7. The molecule has 1 heterocycles. The Hall–Kier alpha value is -2.88. The van der Waals surface area contributed by atoms with E-state index in [0.29, 0.717) is 17.9 Å². The number of hydrogen-bond acceptors (Lipinski definition) is 3. The third kappa shape index (κ3) is 3.95. The van der Waals surface area contributed by atoms with Crippen LogP contribution in [0.2, 0.25) is 0 Å². The van der Waals surface area contributed by atoms with E-state index in [4.69, 9.17) is 4.74 Å². The van der Waals surface area contributed by atoms with Crippen molar-refractivity contribution in [2.75, 3.05) is 0 Å². The summed E-state index contributed by atoms with van der Waals surface area (Å²) in [5.41, 5.74) is 4.65. The van der Waals surface area contributed by atoms with Crippen LogP contribution in [0.4, 0.5) is 0 Å². The van der Waals surface area contributed by atoms with Crippen LogP contribution in [0.25, 0.3) is 11.1 Å². The minimum atomic E-state index is 0.446. The summed E-state index contributed by atoms with van der Waals surface area (Å²) in [6.45, 7) is 3.41. The maximum Gasteiger partial charge on any atom is 0.153 e. The van der Waals surface area contributed by atoms with Gasteiger partial charge in [0.15, 0.2) is 6.29 Å². The molecule has 1 saturated carbocycles. The number of benzene rings is 2. The Labute approximate surface area is 159 Å². The summed E-state index contributed by atoms with van der Waals surface area (Å²) in [5, 5.41) is 4.50. The molecule has 1 aliphatic rings. The lowest BCUT2D eigenvalue weighted by Crippen LogP contribution is -2.18. The number of ether oxygens (including phenoxy) is 1. The van der Waals surface area contributed by atoms with E-state index < -0.39 is 0 Å². The Bertz CT molecular complexity index is 927. The first kappa shape index (κ1) is 17.5. The number of carbonyl (C=O) groups excluding carboxylic acids is 1. The van der Waals surface area contributed by atoms with Gasteiger partial charge in [-0.05, 0) is 54.5 Å². The first-order valence-corrected chi connectivity index (χ1v) is 9.52. The number of aryl methyl sites for hydroxylation is 1. The highest BCUT2D eigenvalue weighted by atomic mass is 16.5. The zero-order valence-corrected chi connectivity index (χ0v) is 15.6. The maximum absolute atomic E-state index is 11.7. The highest BCUT2D eigenvalue weighted by molar-refractivity contribution is 5.84. The van der Waals surface area contributed by atoms with E-state index in [1.165, 1.54) is 19.3 Å². The molecule has 4 nitrogen and oxygen atoms in total. The number of aldehydes is 1. The Morgan fingerprint density at radius 1 is 1.19 bits per heavy atom. The molecule has 4 rings (SSSR count). The van der Waals surface area contributed by atoms with E-state index in [1.54, 1.807) is 0 Å². The van der Waals surface area contributed by atoms with E-state index in [-0.39, 0.29) is 0 Å². The summed E-state index contributed by atoms with van der Waals surface area (Å²) in [5.74, 6) is 1.42. The molecule has 138 valence electrons. The smallest absolute Gasteiger partial charge is 0.153 e. The number of aromatic nitrogens is 2. The highest BCUT2D eigenvalue weighted by Crippen LogP contribution is 2.31. The van der Waals surface area contributed by atoms with Gasteiger partial charge in [0.25, 0.3) is 0 Å². The summed E-state index contributed by atoms with van der Waals surface area (Å²) in [6.07, 6.45) is 8.77. The minimum absolute atomic E-state index is 0.446. The van der Waals surface area contributed by atoms with Gasteiger partial charge in [-0.1, -0.05) is 36.8 Å². The van der Waals surface area contributed by atoms with Gasteiger partial charge < -0.3 is 4.74 Å². The van der Waals surface area contributed by atoms with Crippen molar-refractivity contribution in [1.82, 2.24) is 9.78 Å². The summed E-state index contributed by atoms with van der Waals surface area (Å²) >= 11 is 0. The fourth-order valence-electron chi connectivity index (χ4n) is 3.53. The van der Waals surface area contributed by atoms with Gasteiger partial charge in [-0.2, -0.15) is 5.10 Å². The second-order valence-corrected chi connectivity index (χ2v) is 7.35. The van der Waals surface area contributed by atoms with Gasteiger partial charge in [-0.3, -0.25) is 9.48 Å². The minimum Gasteiger partial charge on any atom is -0.488 e. The van der Waals surface area contributed by atoms with Gasteiger partial charge in [0.05, 0.1) is 11.8 Å². The maximum atomic E-state index is 11.7. The fraction of sp³-hybridized carbons (Fsp3) is 0.304. The standard InChI is InChI=1S/C23H24N2O2/c1-17-10-20(22-12-24-25(14-22)13-18-8-5-9-18)11-21(15-26)23(17)27-16-19-6-3-2-4-7-19/h2-4,6-7,10-12,14-15,18H,5,8-9,13,16H2,1H3. The van der Waals surface area contributed by atoms with Crippen LogP contribution < -0.4 is 4.74 Å². The van der Waals surface area contributed by atoms with Crippen molar-refractivity contribution < 1.29 is 9.53 Å². The zero-order valence-electron chi connectivity index (χ0n) is 15.6. The Kier molecular flexibility index (Phi) is 5.05. The van der Waals surface area contributed by atoms with Crippen LogP contribution >= 0.6 is 0 Å². The molecule has 0 amide bonds. The Morgan fingerprint density at radius 2 is 2.00 bits per heavy atom. The van der Waals surface area contributed by atoms with Crippen molar-refractivity contribution >= 4 is 6.29 Å². The molecule has 2 aromatic carbocycles. The van der Waals surface area contributed by atoms with E-state index in [2.05, 4.69) is 17.4 Å². The highest BCUT2D eigenvalue weighted by Gasteiger charge is 2.18. The Morgan fingerprint density at radius 3 is 2.70 bits per heavy atom. The predicted molar refractivity (Wildman–Crippen MR) is 106 cm³/mol. The molecule has 27 heavy (non-hydrogen) atoms. The lowest BCUT2D eigenvalue weighted by atomic mass is 9.85. The van der Waals surface area contributed by atoms with Crippen molar-refractivity contribution in [1.29, 1.82) is 0 Å². The molecule has 0 bridgehead atoms. The van der Waals surface area contributed by atoms with Crippen LogP contribution in [0.15, 0.2) is 54.9 Å². The molecule has 1 aliphatic carbocycles. The van der Waals surface area contributed by atoms with Gasteiger partial charge in [-0.25, -0.2) is 0 Å². The molecular weight excluding hydrogens is 336 g/mol. The van der Waals surface area contributed by atoms with Crippen LogP contribution in [0, 0.1) is 12.8 Å². The first-order chi connectivity index (χ1) is 13.2. The number of nitrogens with zero attached hydrogens (tertiary/aromatic N) is 2. The summed E-state index contributed by atoms with van der Waals surface area (Å²) < 4.78 is 7.99. The average molecular weight is 360 g/mol. The van der Waals surface area contributed by atoms with Crippen molar-refractivity contribution in [3.63, 3.8) is 0 Å². The van der Waals surface area contributed by atoms with Crippen molar-refractivity contribution in [3.8, 4) is 16.9 Å². The average Bonchev–Trinajstić information content (AvgIpc) is 3.13. The zero-order chi connectivity index (χ0) is 18.6. The quantitative estimate of drug-likeness (QED) is 0.554. The van der Waals surface area contributed by atoms with Crippen LogP contribution in [0.3, 0.4) is 0 Å². The SMILES string of the molecule is Cc1cc(-c2cnn(CC3CCC3)c2)cc(C=O)c1OCc1ccccc1. The normalized spacial score (nSPS) is 14.0.